The molecule has 0 aliphatic rings. The van der Waals surface area contributed by atoms with Crippen molar-refractivity contribution in [3.63, 3.8) is 0 Å². The Hall–Kier alpha value is -2.89. The van der Waals surface area contributed by atoms with E-state index in [0.29, 0.717) is 41.5 Å². The number of rotatable bonds is 8. The molecular weight excluding hydrogens is 334 g/mol. The standard InChI is InChI=1S/C20H25NO5/c1-13-10-17(24-3)19(26-5)12-15(13)21-20(22)9-7-14-6-8-16(23-2)18(11-14)25-4/h6,8,10-12H,7,9H2,1-5H3,(H,21,22). The molecule has 0 aliphatic carbocycles. The first-order chi connectivity index (χ1) is 12.5. The maximum atomic E-state index is 12.3. The summed E-state index contributed by atoms with van der Waals surface area (Å²) < 4.78 is 21.1. The Balaban J connectivity index is 2.03. The first-order valence-corrected chi connectivity index (χ1v) is 8.25. The van der Waals surface area contributed by atoms with Crippen LogP contribution < -0.4 is 24.3 Å². The Labute approximate surface area is 154 Å². The molecule has 0 heterocycles. The lowest BCUT2D eigenvalue weighted by atomic mass is 10.1. The molecule has 140 valence electrons. The monoisotopic (exact) mass is 359 g/mol. The maximum absolute atomic E-state index is 12.3. The Kier molecular flexibility index (Phi) is 6.72. The number of aryl methyl sites for hydroxylation is 2. The number of benzene rings is 2. The van der Waals surface area contributed by atoms with Gasteiger partial charge < -0.3 is 24.3 Å². The van der Waals surface area contributed by atoms with E-state index in [1.54, 1.807) is 34.5 Å². The van der Waals surface area contributed by atoms with Crippen molar-refractivity contribution in [1.29, 1.82) is 0 Å². The molecule has 1 amide bonds. The van der Waals surface area contributed by atoms with E-state index in [1.165, 1.54) is 0 Å². The lowest BCUT2D eigenvalue weighted by Gasteiger charge is -2.14. The van der Waals surface area contributed by atoms with E-state index in [0.717, 1.165) is 11.1 Å². The van der Waals surface area contributed by atoms with E-state index in [2.05, 4.69) is 5.32 Å². The predicted octanol–water partition coefficient (Wildman–Crippen LogP) is 3.60. The lowest BCUT2D eigenvalue weighted by Crippen LogP contribution is -2.13. The highest BCUT2D eigenvalue weighted by molar-refractivity contribution is 5.92. The molecule has 2 rings (SSSR count). The van der Waals surface area contributed by atoms with Gasteiger partial charge in [-0.3, -0.25) is 4.79 Å². The molecule has 0 radical (unpaired) electrons. The van der Waals surface area contributed by atoms with Crippen LogP contribution in [0.5, 0.6) is 23.0 Å². The minimum absolute atomic E-state index is 0.0740. The van der Waals surface area contributed by atoms with Gasteiger partial charge in [0.1, 0.15) is 0 Å². The number of ether oxygens (including phenoxy) is 4. The fourth-order valence-electron chi connectivity index (χ4n) is 2.62. The molecule has 2 aromatic carbocycles. The minimum Gasteiger partial charge on any atom is -0.493 e. The summed E-state index contributed by atoms with van der Waals surface area (Å²) in [5.41, 5.74) is 2.61. The number of nitrogens with one attached hydrogen (secondary N) is 1. The summed E-state index contributed by atoms with van der Waals surface area (Å²) in [7, 11) is 6.33. The van der Waals surface area contributed by atoms with Crippen molar-refractivity contribution < 1.29 is 23.7 Å². The van der Waals surface area contributed by atoms with Crippen molar-refractivity contribution in [2.45, 2.75) is 19.8 Å². The molecule has 0 bridgehead atoms. The zero-order valence-corrected chi connectivity index (χ0v) is 15.8. The van der Waals surface area contributed by atoms with E-state index in [4.69, 9.17) is 18.9 Å². The summed E-state index contributed by atoms with van der Waals surface area (Å²) in [5.74, 6) is 2.46. The predicted molar refractivity (Wildman–Crippen MR) is 101 cm³/mol. The van der Waals surface area contributed by atoms with Crippen molar-refractivity contribution in [2.24, 2.45) is 0 Å². The zero-order chi connectivity index (χ0) is 19.1. The van der Waals surface area contributed by atoms with Crippen molar-refractivity contribution in [3.05, 3.63) is 41.5 Å². The largest absolute Gasteiger partial charge is 0.493 e. The van der Waals surface area contributed by atoms with Gasteiger partial charge in [0.15, 0.2) is 23.0 Å². The Morgan fingerprint density at radius 3 is 2.04 bits per heavy atom. The normalized spacial score (nSPS) is 10.2. The molecular formula is C20H25NO5. The highest BCUT2D eigenvalue weighted by Crippen LogP contribution is 2.33. The van der Waals surface area contributed by atoms with E-state index in [9.17, 15) is 4.79 Å². The third-order valence-electron chi connectivity index (χ3n) is 4.09. The molecule has 0 fully saturated rings. The number of methoxy groups -OCH3 is 4. The highest BCUT2D eigenvalue weighted by Gasteiger charge is 2.12. The number of amides is 1. The van der Waals surface area contributed by atoms with Gasteiger partial charge in [-0.25, -0.2) is 0 Å². The second-order valence-electron chi connectivity index (χ2n) is 5.76. The fourth-order valence-corrected chi connectivity index (χ4v) is 2.62. The second-order valence-corrected chi connectivity index (χ2v) is 5.76. The van der Waals surface area contributed by atoms with E-state index < -0.39 is 0 Å². The van der Waals surface area contributed by atoms with Crippen LogP contribution in [0.1, 0.15) is 17.5 Å². The number of anilines is 1. The van der Waals surface area contributed by atoms with Gasteiger partial charge in [-0.2, -0.15) is 0 Å². The van der Waals surface area contributed by atoms with Crippen molar-refractivity contribution in [3.8, 4) is 23.0 Å². The van der Waals surface area contributed by atoms with Crippen molar-refractivity contribution in [2.75, 3.05) is 33.8 Å². The topological polar surface area (TPSA) is 66.0 Å². The van der Waals surface area contributed by atoms with E-state index >= 15 is 0 Å². The van der Waals surface area contributed by atoms with Crippen LogP contribution in [0.2, 0.25) is 0 Å². The van der Waals surface area contributed by atoms with Crippen LogP contribution in [0, 0.1) is 6.92 Å². The summed E-state index contributed by atoms with van der Waals surface area (Å²) in [6.45, 7) is 1.91. The average molecular weight is 359 g/mol. The smallest absolute Gasteiger partial charge is 0.224 e. The number of hydrogen-bond acceptors (Lipinski definition) is 5. The average Bonchev–Trinajstić information content (AvgIpc) is 2.67. The van der Waals surface area contributed by atoms with Crippen LogP contribution in [-0.4, -0.2) is 34.3 Å². The molecule has 6 nitrogen and oxygen atoms in total. The van der Waals surface area contributed by atoms with Gasteiger partial charge in [0.2, 0.25) is 5.91 Å². The van der Waals surface area contributed by atoms with Gasteiger partial charge in [0.25, 0.3) is 0 Å². The molecule has 0 saturated heterocycles. The second kappa shape index (κ2) is 8.99. The Bertz CT molecular complexity index is 773. The van der Waals surface area contributed by atoms with Gasteiger partial charge in [-0.1, -0.05) is 6.07 Å². The molecule has 0 unspecified atom stereocenters. The van der Waals surface area contributed by atoms with Crippen LogP contribution in [0.3, 0.4) is 0 Å². The molecule has 0 spiro atoms. The fraction of sp³-hybridized carbons (Fsp3) is 0.350. The summed E-state index contributed by atoms with van der Waals surface area (Å²) in [5, 5.41) is 2.93. The van der Waals surface area contributed by atoms with Crippen LogP contribution in [0.25, 0.3) is 0 Å². The molecule has 6 heteroatoms. The van der Waals surface area contributed by atoms with Gasteiger partial charge in [0, 0.05) is 18.2 Å². The molecule has 26 heavy (non-hydrogen) atoms. The highest BCUT2D eigenvalue weighted by atomic mass is 16.5. The summed E-state index contributed by atoms with van der Waals surface area (Å²) >= 11 is 0. The van der Waals surface area contributed by atoms with Crippen LogP contribution in [0.15, 0.2) is 30.3 Å². The van der Waals surface area contributed by atoms with Crippen LogP contribution >= 0.6 is 0 Å². The van der Waals surface area contributed by atoms with Crippen molar-refractivity contribution in [1.82, 2.24) is 0 Å². The van der Waals surface area contributed by atoms with E-state index in [1.807, 2.05) is 31.2 Å². The molecule has 0 aromatic heterocycles. The third kappa shape index (κ3) is 4.59. The minimum atomic E-state index is -0.0740. The quantitative estimate of drug-likeness (QED) is 0.780. The maximum Gasteiger partial charge on any atom is 0.224 e. The van der Waals surface area contributed by atoms with Gasteiger partial charge in [-0.15, -0.1) is 0 Å². The summed E-state index contributed by atoms with van der Waals surface area (Å²) in [6, 6.07) is 9.25. The van der Waals surface area contributed by atoms with Crippen molar-refractivity contribution >= 4 is 11.6 Å². The Morgan fingerprint density at radius 1 is 0.846 bits per heavy atom. The molecule has 2 aromatic rings. The lowest BCUT2D eigenvalue weighted by molar-refractivity contribution is -0.116. The zero-order valence-electron chi connectivity index (χ0n) is 15.8. The van der Waals surface area contributed by atoms with Crippen LogP contribution in [-0.2, 0) is 11.2 Å². The summed E-state index contributed by atoms with van der Waals surface area (Å²) in [6.07, 6.45) is 0.946. The van der Waals surface area contributed by atoms with Gasteiger partial charge in [0.05, 0.1) is 28.4 Å². The van der Waals surface area contributed by atoms with E-state index in [-0.39, 0.29) is 5.91 Å². The third-order valence-corrected chi connectivity index (χ3v) is 4.09. The first-order valence-electron chi connectivity index (χ1n) is 8.25. The molecule has 0 aliphatic heterocycles. The molecule has 1 N–H and O–H groups in total. The van der Waals surface area contributed by atoms with Gasteiger partial charge >= 0.3 is 0 Å². The Morgan fingerprint density at radius 2 is 1.42 bits per heavy atom. The SMILES string of the molecule is COc1ccc(CCC(=O)Nc2cc(OC)c(OC)cc2C)cc1OC. The number of carbonyl (C=O) groups excluding carboxylic acids is 1. The van der Waals surface area contributed by atoms with Crippen LogP contribution in [0.4, 0.5) is 5.69 Å². The number of carbonyl (C=O) groups is 1. The number of hydrogen-bond donors (Lipinski definition) is 1. The first kappa shape index (κ1) is 19.4. The molecule has 0 saturated carbocycles. The summed E-state index contributed by atoms with van der Waals surface area (Å²) in [4.78, 5) is 12.3. The molecule has 0 atom stereocenters. The van der Waals surface area contributed by atoms with Gasteiger partial charge in [-0.05, 0) is 42.7 Å².